The SMILES string of the molecule is CC#CCn1nnc2c(C(=O)NC)ncn2c1=O. The minimum Gasteiger partial charge on any atom is -0.354 e. The number of rotatable bonds is 2. The van der Waals surface area contributed by atoms with E-state index in [4.69, 9.17) is 0 Å². The average Bonchev–Trinajstić information content (AvgIpc) is 2.82. The van der Waals surface area contributed by atoms with Crippen LogP contribution >= 0.6 is 0 Å². The first kappa shape index (κ1) is 11.8. The fourth-order valence-corrected chi connectivity index (χ4v) is 1.37. The maximum Gasteiger partial charge on any atom is 0.353 e. The van der Waals surface area contributed by atoms with Crippen molar-refractivity contribution in [2.24, 2.45) is 0 Å². The summed E-state index contributed by atoms with van der Waals surface area (Å²) < 4.78 is 2.26. The molecule has 0 aliphatic heterocycles. The lowest BCUT2D eigenvalue weighted by atomic mass is 10.4. The molecule has 0 fully saturated rings. The van der Waals surface area contributed by atoms with Crippen LogP contribution in [-0.4, -0.2) is 37.3 Å². The van der Waals surface area contributed by atoms with Gasteiger partial charge in [0.05, 0.1) is 0 Å². The Bertz CT molecular complexity index is 717. The zero-order valence-electron chi connectivity index (χ0n) is 9.84. The molecular weight excluding hydrogens is 236 g/mol. The molecule has 0 spiro atoms. The molecule has 8 nitrogen and oxygen atoms in total. The van der Waals surface area contributed by atoms with Gasteiger partial charge in [0.2, 0.25) is 0 Å². The summed E-state index contributed by atoms with van der Waals surface area (Å²) in [6, 6.07) is 0. The molecule has 0 radical (unpaired) electrons. The number of aromatic nitrogens is 5. The molecule has 2 aromatic rings. The Morgan fingerprint density at radius 3 is 3.00 bits per heavy atom. The van der Waals surface area contributed by atoms with Crippen LogP contribution in [0.15, 0.2) is 11.1 Å². The van der Waals surface area contributed by atoms with Crippen molar-refractivity contribution in [2.45, 2.75) is 13.5 Å². The molecule has 0 aliphatic rings. The van der Waals surface area contributed by atoms with E-state index in [2.05, 4.69) is 32.5 Å². The van der Waals surface area contributed by atoms with Gasteiger partial charge in [-0.05, 0) is 6.92 Å². The number of hydrogen-bond donors (Lipinski definition) is 1. The molecule has 8 heteroatoms. The Labute approximate surface area is 102 Å². The van der Waals surface area contributed by atoms with E-state index in [1.54, 1.807) is 6.92 Å². The fourth-order valence-electron chi connectivity index (χ4n) is 1.37. The van der Waals surface area contributed by atoms with Crippen LogP contribution in [0.2, 0.25) is 0 Å². The number of fused-ring (bicyclic) bond motifs is 1. The number of nitrogens with zero attached hydrogens (tertiary/aromatic N) is 5. The molecule has 0 atom stereocenters. The molecule has 0 saturated carbocycles. The second-order valence-electron chi connectivity index (χ2n) is 3.32. The molecular formula is C10H10N6O2. The highest BCUT2D eigenvalue weighted by Gasteiger charge is 2.15. The third-order valence-corrected chi connectivity index (χ3v) is 2.26. The lowest BCUT2D eigenvalue weighted by Crippen LogP contribution is -2.30. The molecule has 18 heavy (non-hydrogen) atoms. The Balaban J connectivity index is 2.59. The maximum atomic E-state index is 11.9. The van der Waals surface area contributed by atoms with E-state index < -0.39 is 11.6 Å². The Hall–Kier alpha value is -2.69. The number of carbonyl (C=O) groups is 1. The van der Waals surface area contributed by atoms with Gasteiger partial charge in [0.1, 0.15) is 12.9 Å². The summed E-state index contributed by atoms with van der Waals surface area (Å²) in [4.78, 5) is 27.3. The van der Waals surface area contributed by atoms with E-state index >= 15 is 0 Å². The lowest BCUT2D eigenvalue weighted by molar-refractivity contribution is 0.0960. The number of carbonyl (C=O) groups excluding carboxylic acids is 1. The van der Waals surface area contributed by atoms with E-state index in [0.717, 1.165) is 9.08 Å². The van der Waals surface area contributed by atoms with Gasteiger partial charge >= 0.3 is 5.69 Å². The number of hydrogen-bond acceptors (Lipinski definition) is 5. The zero-order valence-corrected chi connectivity index (χ0v) is 9.84. The predicted octanol–water partition coefficient (Wildman–Crippen LogP) is -1.33. The highest BCUT2D eigenvalue weighted by molar-refractivity contribution is 5.97. The summed E-state index contributed by atoms with van der Waals surface area (Å²) in [6.07, 6.45) is 1.24. The molecule has 0 unspecified atom stereocenters. The Morgan fingerprint density at radius 2 is 2.33 bits per heavy atom. The van der Waals surface area contributed by atoms with Gasteiger partial charge in [-0.3, -0.25) is 4.79 Å². The van der Waals surface area contributed by atoms with E-state index in [-0.39, 0.29) is 17.9 Å². The normalized spacial score (nSPS) is 9.89. The van der Waals surface area contributed by atoms with Gasteiger partial charge in [0.15, 0.2) is 11.3 Å². The molecule has 2 heterocycles. The first-order chi connectivity index (χ1) is 8.69. The first-order valence-corrected chi connectivity index (χ1v) is 5.11. The van der Waals surface area contributed by atoms with Gasteiger partial charge in [-0.25, -0.2) is 14.2 Å². The van der Waals surface area contributed by atoms with Crippen LogP contribution in [0.3, 0.4) is 0 Å². The lowest BCUT2D eigenvalue weighted by Gasteiger charge is -1.99. The molecule has 0 bridgehead atoms. The van der Waals surface area contributed by atoms with Crippen LogP contribution in [0.5, 0.6) is 0 Å². The first-order valence-electron chi connectivity index (χ1n) is 5.11. The third kappa shape index (κ3) is 1.82. The van der Waals surface area contributed by atoms with Crippen molar-refractivity contribution in [3.8, 4) is 11.8 Å². The summed E-state index contributed by atoms with van der Waals surface area (Å²) >= 11 is 0. The zero-order chi connectivity index (χ0) is 13.1. The van der Waals surface area contributed by atoms with Crippen molar-refractivity contribution in [1.29, 1.82) is 0 Å². The van der Waals surface area contributed by atoms with Gasteiger partial charge in [-0.1, -0.05) is 11.1 Å². The van der Waals surface area contributed by atoms with E-state index in [0.29, 0.717) is 0 Å². The minimum atomic E-state index is -0.439. The molecule has 92 valence electrons. The van der Waals surface area contributed by atoms with Crippen LogP contribution in [-0.2, 0) is 6.54 Å². The molecule has 2 rings (SSSR count). The maximum absolute atomic E-state index is 11.9. The van der Waals surface area contributed by atoms with Crippen LogP contribution in [0.1, 0.15) is 17.4 Å². The van der Waals surface area contributed by atoms with Crippen LogP contribution in [0.4, 0.5) is 0 Å². The van der Waals surface area contributed by atoms with Gasteiger partial charge < -0.3 is 5.32 Å². The van der Waals surface area contributed by atoms with E-state index in [1.807, 2.05) is 0 Å². The molecule has 1 amide bonds. The van der Waals surface area contributed by atoms with Crippen molar-refractivity contribution < 1.29 is 4.79 Å². The molecule has 1 N–H and O–H groups in total. The number of amides is 1. The van der Waals surface area contributed by atoms with Crippen LogP contribution < -0.4 is 11.0 Å². The summed E-state index contributed by atoms with van der Waals surface area (Å²) in [5.74, 6) is 4.95. The second-order valence-corrected chi connectivity index (χ2v) is 3.32. The fraction of sp³-hybridized carbons (Fsp3) is 0.300. The summed E-state index contributed by atoms with van der Waals surface area (Å²) in [5.41, 5.74) is -0.249. The highest BCUT2D eigenvalue weighted by atomic mass is 16.2. The molecule has 0 aromatic carbocycles. The summed E-state index contributed by atoms with van der Waals surface area (Å²) in [6.45, 7) is 1.81. The second kappa shape index (κ2) is 4.67. The topological polar surface area (TPSA) is 94.2 Å². The highest BCUT2D eigenvalue weighted by Crippen LogP contribution is 2.01. The predicted molar refractivity (Wildman–Crippen MR) is 61.9 cm³/mol. The Kier molecular flexibility index (Phi) is 3.05. The monoisotopic (exact) mass is 246 g/mol. The van der Waals surface area contributed by atoms with Crippen molar-refractivity contribution in [3.05, 3.63) is 22.5 Å². The number of imidazole rings is 1. The van der Waals surface area contributed by atoms with Gasteiger partial charge in [0, 0.05) is 7.05 Å². The van der Waals surface area contributed by atoms with Crippen LogP contribution in [0, 0.1) is 11.8 Å². The standard InChI is InChI=1S/C10H10N6O2/c1-3-4-5-16-10(18)15-6-12-7(9(17)11-2)8(15)13-14-16/h6H,5H2,1-2H3,(H,11,17). The Morgan fingerprint density at radius 1 is 1.56 bits per heavy atom. The van der Waals surface area contributed by atoms with Crippen LogP contribution in [0.25, 0.3) is 5.65 Å². The average molecular weight is 246 g/mol. The van der Waals surface area contributed by atoms with Gasteiger partial charge in [0.25, 0.3) is 5.91 Å². The largest absolute Gasteiger partial charge is 0.354 e. The van der Waals surface area contributed by atoms with Crippen molar-refractivity contribution >= 4 is 11.6 Å². The summed E-state index contributed by atoms with van der Waals surface area (Å²) in [5, 5.41) is 9.93. The molecule has 0 saturated heterocycles. The molecule has 2 aromatic heterocycles. The minimum absolute atomic E-state index is 0.0656. The van der Waals surface area contributed by atoms with Gasteiger partial charge in [-0.2, -0.15) is 4.68 Å². The van der Waals surface area contributed by atoms with Crippen molar-refractivity contribution in [2.75, 3.05) is 7.05 Å². The van der Waals surface area contributed by atoms with Gasteiger partial charge in [-0.15, -0.1) is 11.0 Å². The quantitative estimate of drug-likeness (QED) is 0.662. The third-order valence-electron chi connectivity index (χ3n) is 2.26. The van der Waals surface area contributed by atoms with E-state index in [1.165, 1.54) is 13.4 Å². The smallest absolute Gasteiger partial charge is 0.353 e. The summed E-state index contributed by atoms with van der Waals surface area (Å²) in [7, 11) is 1.47. The van der Waals surface area contributed by atoms with Crippen molar-refractivity contribution in [1.82, 2.24) is 29.7 Å². The van der Waals surface area contributed by atoms with E-state index in [9.17, 15) is 9.59 Å². The molecule has 0 aliphatic carbocycles. The van der Waals surface area contributed by atoms with Crippen molar-refractivity contribution in [3.63, 3.8) is 0 Å². The number of nitrogens with one attached hydrogen (secondary N) is 1.